The Balaban J connectivity index is 3.81. The van der Waals surface area contributed by atoms with Crippen LogP contribution < -0.4 is 0 Å². The fourth-order valence-corrected chi connectivity index (χ4v) is 1.44. The van der Waals surface area contributed by atoms with Crippen LogP contribution in [0, 0.1) is 17.8 Å². The molecule has 1 heteroatoms. The minimum absolute atomic E-state index is 0.354. The average Bonchev–Trinajstić information content (AvgIpc) is 1.98. The molecule has 0 aromatic carbocycles. The molecule has 0 spiro atoms. The number of hydrogen-bond donors (Lipinski definition) is 1. The smallest absolute Gasteiger partial charge is 0.0461 e. The van der Waals surface area contributed by atoms with Crippen LogP contribution >= 0.6 is 0 Å². The zero-order valence-corrected chi connectivity index (χ0v) is 8.30. The molecule has 0 rings (SSSR count). The highest BCUT2D eigenvalue weighted by Crippen LogP contribution is 2.23. The second kappa shape index (κ2) is 5.59. The van der Waals surface area contributed by atoms with Gasteiger partial charge in [-0.3, -0.25) is 0 Å². The predicted molar refractivity (Wildman–Crippen MR) is 49.5 cm³/mol. The third-order valence-corrected chi connectivity index (χ3v) is 2.69. The first-order valence-electron chi connectivity index (χ1n) is 4.74. The van der Waals surface area contributed by atoms with Gasteiger partial charge in [0.05, 0.1) is 0 Å². The van der Waals surface area contributed by atoms with Crippen molar-refractivity contribution in [2.45, 2.75) is 40.5 Å². The van der Waals surface area contributed by atoms with Gasteiger partial charge in [0, 0.05) is 6.61 Å². The highest BCUT2D eigenvalue weighted by atomic mass is 16.3. The monoisotopic (exact) mass is 158 g/mol. The highest BCUT2D eigenvalue weighted by molar-refractivity contribution is 4.67. The normalized spacial score (nSPS) is 16.9. The van der Waals surface area contributed by atoms with Gasteiger partial charge < -0.3 is 5.11 Å². The summed E-state index contributed by atoms with van der Waals surface area (Å²) in [5.74, 6) is 1.86. The fourth-order valence-electron chi connectivity index (χ4n) is 1.44. The first-order chi connectivity index (χ1) is 5.13. The zero-order chi connectivity index (χ0) is 8.85. The van der Waals surface area contributed by atoms with Gasteiger partial charge in [0.2, 0.25) is 0 Å². The minimum Gasteiger partial charge on any atom is -0.396 e. The molecule has 0 aliphatic carbocycles. The van der Waals surface area contributed by atoms with E-state index in [-0.39, 0.29) is 0 Å². The summed E-state index contributed by atoms with van der Waals surface area (Å²) < 4.78 is 0. The lowest BCUT2D eigenvalue weighted by atomic mass is 9.83. The van der Waals surface area contributed by atoms with Gasteiger partial charge in [0.15, 0.2) is 0 Å². The molecule has 0 aromatic rings. The van der Waals surface area contributed by atoms with Crippen LogP contribution in [0.3, 0.4) is 0 Å². The fraction of sp³-hybridized carbons (Fsp3) is 1.00. The van der Waals surface area contributed by atoms with Crippen LogP contribution in [-0.4, -0.2) is 11.7 Å². The molecule has 11 heavy (non-hydrogen) atoms. The molecular formula is C10H22O. The van der Waals surface area contributed by atoms with Crippen LogP contribution in [0.4, 0.5) is 0 Å². The molecule has 0 heterocycles. The largest absolute Gasteiger partial charge is 0.396 e. The SMILES string of the molecule is CCCC(CO)C(C)C(C)C. The molecule has 0 amide bonds. The van der Waals surface area contributed by atoms with E-state index in [1.165, 1.54) is 6.42 Å². The third-order valence-electron chi connectivity index (χ3n) is 2.69. The van der Waals surface area contributed by atoms with Crippen LogP contribution in [-0.2, 0) is 0 Å². The van der Waals surface area contributed by atoms with Gasteiger partial charge in [-0.25, -0.2) is 0 Å². The summed E-state index contributed by atoms with van der Waals surface area (Å²) in [6.45, 7) is 9.22. The Bertz CT molecular complexity index is 88.9. The van der Waals surface area contributed by atoms with Crippen molar-refractivity contribution in [1.29, 1.82) is 0 Å². The van der Waals surface area contributed by atoms with Crippen molar-refractivity contribution in [3.63, 3.8) is 0 Å². The van der Waals surface area contributed by atoms with Crippen molar-refractivity contribution >= 4 is 0 Å². The van der Waals surface area contributed by atoms with E-state index in [1.54, 1.807) is 0 Å². The van der Waals surface area contributed by atoms with Crippen molar-refractivity contribution in [1.82, 2.24) is 0 Å². The number of hydrogen-bond acceptors (Lipinski definition) is 1. The maximum Gasteiger partial charge on any atom is 0.0461 e. The van der Waals surface area contributed by atoms with Gasteiger partial charge in [0.1, 0.15) is 0 Å². The summed E-state index contributed by atoms with van der Waals surface area (Å²) in [5.41, 5.74) is 0. The maximum absolute atomic E-state index is 9.08. The molecule has 0 saturated heterocycles. The summed E-state index contributed by atoms with van der Waals surface area (Å²) in [4.78, 5) is 0. The van der Waals surface area contributed by atoms with Crippen LogP contribution in [0.2, 0.25) is 0 Å². The molecule has 0 radical (unpaired) electrons. The van der Waals surface area contributed by atoms with Crippen molar-refractivity contribution in [3.05, 3.63) is 0 Å². The van der Waals surface area contributed by atoms with Crippen molar-refractivity contribution < 1.29 is 5.11 Å². The Hall–Kier alpha value is -0.0400. The zero-order valence-electron chi connectivity index (χ0n) is 8.30. The van der Waals surface area contributed by atoms with E-state index < -0.39 is 0 Å². The van der Waals surface area contributed by atoms with E-state index in [1.807, 2.05) is 0 Å². The highest BCUT2D eigenvalue weighted by Gasteiger charge is 2.17. The van der Waals surface area contributed by atoms with E-state index in [0.717, 1.165) is 6.42 Å². The molecule has 0 aromatic heterocycles. The van der Waals surface area contributed by atoms with E-state index >= 15 is 0 Å². The van der Waals surface area contributed by atoms with Gasteiger partial charge in [-0.1, -0.05) is 34.1 Å². The Morgan fingerprint density at radius 3 is 2.00 bits per heavy atom. The van der Waals surface area contributed by atoms with Gasteiger partial charge >= 0.3 is 0 Å². The molecule has 0 aliphatic heterocycles. The van der Waals surface area contributed by atoms with E-state index in [2.05, 4.69) is 27.7 Å². The third kappa shape index (κ3) is 3.76. The summed E-state index contributed by atoms with van der Waals surface area (Å²) in [5, 5.41) is 9.08. The maximum atomic E-state index is 9.08. The van der Waals surface area contributed by atoms with Gasteiger partial charge in [-0.2, -0.15) is 0 Å². The molecule has 68 valence electrons. The molecule has 0 bridgehead atoms. The van der Waals surface area contributed by atoms with Gasteiger partial charge in [0.25, 0.3) is 0 Å². The van der Waals surface area contributed by atoms with Crippen LogP contribution in [0.15, 0.2) is 0 Å². The predicted octanol–water partition coefficient (Wildman–Crippen LogP) is 2.69. The Morgan fingerprint density at radius 1 is 1.18 bits per heavy atom. The Morgan fingerprint density at radius 2 is 1.73 bits per heavy atom. The van der Waals surface area contributed by atoms with E-state index in [9.17, 15) is 0 Å². The first kappa shape index (κ1) is 11.0. The molecule has 1 N–H and O–H groups in total. The van der Waals surface area contributed by atoms with Crippen LogP contribution in [0.25, 0.3) is 0 Å². The Kier molecular flexibility index (Phi) is 5.57. The second-order valence-electron chi connectivity index (χ2n) is 3.83. The average molecular weight is 158 g/mol. The topological polar surface area (TPSA) is 20.2 Å². The molecular weight excluding hydrogens is 136 g/mol. The van der Waals surface area contributed by atoms with Crippen molar-refractivity contribution in [3.8, 4) is 0 Å². The summed E-state index contributed by atoms with van der Waals surface area (Å²) >= 11 is 0. The molecule has 2 atom stereocenters. The van der Waals surface area contributed by atoms with E-state index in [0.29, 0.717) is 24.4 Å². The molecule has 0 fully saturated rings. The van der Waals surface area contributed by atoms with E-state index in [4.69, 9.17) is 5.11 Å². The summed E-state index contributed by atoms with van der Waals surface area (Å²) in [6.07, 6.45) is 2.35. The second-order valence-corrected chi connectivity index (χ2v) is 3.83. The summed E-state index contributed by atoms with van der Waals surface area (Å²) in [6, 6.07) is 0. The lowest BCUT2D eigenvalue weighted by molar-refractivity contribution is 0.148. The molecule has 0 saturated carbocycles. The Labute approximate surface area is 70.8 Å². The number of aliphatic hydroxyl groups is 1. The standard InChI is InChI=1S/C10H22O/c1-5-6-10(7-11)9(4)8(2)3/h8-11H,5-7H2,1-4H3. The molecule has 2 unspecified atom stereocenters. The lowest BCUT2D eigenvalue weighted by Gasteiger charge is -2.24. The minimum atomic E-state index is 0.354. The van der Waals surface area contributed by atoms with Gasteiger partial charge in [-0.15, -0.1) is 0 Å². The number of aliphatic hydroxyl groups excluding tert-OH is 1. The molecule has 0 aliphatic rings. The van der Waals surface area contributed by atoms with Crippen LogP contribution in [0.1, 0.15) is 40.5 Å². The van der Waals surface area contributed by atoms with Gasteiger partial charge in [-0.05, 0) is 24.2 Å². The number of rotatable bonds is 5. The molecule has 1 nitrogen and oxygen atoms in total. The van der Waals surface area contributed by atoms with Crippen molar-refractivity contribution in [2.24, 2.45) is 17.8 Å². The van der Waals surface area contributed by atoms with Crippen molar-refractivity contribution in [2.75, 3.05) is 6.61 Å². The quantitative estimate of drug-likeness (QED) is 0.652. The first-order valence-corrected chi connectivity index (χ1v) is 4.74. The lowest BCUT2D eigenvalue weighted by Crippen LogP contribution is -2.20. The summed E-state index contributed by atoms with van der Waals surface area (Å²) in [7, 11) is 0. The van der Waals surface area contributed by atoms with Crippen LogP contribution in [0.5, 0.6) is 0 Å².